The van der Waals surface area contributed by atoms with Gasteiger partial charge in [0.25, 0.3) is 0 Å². The molecule has 4 heteroatoms. The second kappa shape index (κ2) is 4.64. The molecule has 0 aliphatic carbocycles. The summed E-state index contributed by atoms with van der Waals surface area (Å²) in [5, 5.41) is 18.3. The third-order valence-electron chi connectivity index (χ3n) is 3.24. The van der Waals surface area contributed by atoms with Gasteiger partial charge in [0.1, 0.15) is 0 Å². The van der Waals surface area contributed by atoms with Crippen LogP contribution in [0.5, 0.6) is 0 Å². The molecule has 0 aliphatic rings. The van der Waals surface area contributed by atoms with Crippen LogP contribution < -0.4 is 0 Å². The van der Waals surface area contributed by atoms with E-state index in [9.17, 15) is 14.7 Å². The van der Waals surface area contributed by atoms with E-state index < -0.39 is 23.3 Å². The van der Waals surface area contributed by atoms with Crippen molar-refractivity contribution in [2.24, 2.45) is 23.2 Å². The Kier molecular flexibility index (Phi) is 4.31. The van der Waals surface area contributed by atoms with Crippen molar-refractivity contribution in [2.45, 2.75) is 34.6 Å². The standard InChI is InChI=1S/C11H20O4/c1-6(2)8(9(12)13)11(5,7(3)4)10(14)15/h6-8H,1-5H3,(H,12,13)(H,14,15). The van der Waals surface area contributed by atoms with Crippen LogP contribution in [0.3, 0.4) is 0 Å². The minimum absolute atomic E-state index is 0.203. The Hall–Kier alpha value is -1.06. The lowest BCUT2D eigenvalue weighted by Crippen LogP contribution is -2.46. The molecule has 0 fully saturated rings. The quantitative estimate of drug-likeness (QED) is 0.738. The zero-order valence-corrected chi connectivity index (χ0v) is 9.94. The molecule has 2 atom stereocenters. The van der Waals surface area contributed by atoms with Crippen molar-refractivity contribution in [1.29, 1.82) is 0 Å². The molecule has 0 spiro atoms. The van der Waals surface area contributed by atoms with Crippen molar-refractivity contribution in [3.05, 3.63) is 0 Å². The highest BCUT2D eigenvalue weighted by Crippen LogP contribution is 2.40. The molecular formula is C11H20O4. The first kappa shape index (κ1) is 13.9. The Morgan fingerprint density at radius 1 is 1.07 bits per heavy atom. The van der Waals surface area contributed by atoms with Gasteiger partial charge in [-0.25, -0.2) is 0 Å². The summed E-state index contributed by atoms with van der Waals surface area (Å²) in [6.45, 7) is 8.47. The summed E-state index contributed by atoms with van der Waals surface area (Å²) in [5.74, 6) is -3.37. The Bertz CT molecular complexity index is 257. The lowest BCUT2D eigenvalue weighted by molar-refractivity contribution is -0.167. The number of carbonyl (C=O) groups is 2. The van der Waals surface area contributed by atoms with E-state index in [1.165, 1.54) is 6.92 Å². The van der Waals surface area contributed by atoms with Crippen LogP contribution in [0.25, 0.3) is 0 Å². The van der Waals surface area contributed by atoms with Gasteiger partial charge in [-0.1, -0.05) is 27.7 Å². The van der Waals surface area contributed by atoms with E-state index in [2.05, 4.69) is 0 Å². The molecule has 0 aromatic carbocycles. The summed E-state index contributed by atoms with van der Waals surface area (Å²) in [4.78, 5) is 22.4. The molecule has 15 heavy (non-hydrogen) atoms. The van der Waals surface area contributed by atoms with Crippen molar-refractivity contribution in [3.63, 3.8) is 0 Å². The lowest BCUT2D eigenvalue weighted by Gasteiger charge is -2.36. The molecule has 0 saturated carbocycles. The fraction of sp³-hybridized carbons (Fsp3) is 0.818. The van der Waals surface area contributed by atoms with Gasteiger partial charge in [-0.05, 0) is 18.8 Å². The highest BCUT2D eigenvalue weighted by molar-refractivity contribution is 5.83. The Morgan fingerprint density at radius 3 is 1.53 bits per heavy atom. The van der Waals surface area contributed by atoms with Gasteiger partial charge >= 0.3 is 11.9 Å². The van der Waals surface area contributed by atoms with Crippen LogP contribution >= 0.6 is 0 Å². The minimum atomic E-state index is -1.22. The number of hydrogen-bond donors (Lipinski definition) is 2. The molecule has 0 aromatic heterocycles. The van der Waals surface area contributed by atoms with E-state index in [1.807, 2.05) is 0 Å². The first-order chi connectivity index (χ1) is 6.65. The van der Waals surface area contributed by atoms with Crippen molar-refractivity contribution in [2.75, 3.05) is 0 Å². The summed E-state index contributed by atoms with van der Waals surface area (Å²) in [5.41, 5.74) is -1.22. The molecule has 0 saturated heterocycles. The van der Waals surface area contributed by atoms with Crippen molar-refractivity contribution in [3.8, 4) is 0 Å². The van der Waals surface area contributed by atoms with Gasteiger partial charge in [0, 0.05) is 0 Å². The van der Waals surface area contributed by atoms with Crippen LogP contribution in [0, 0.1) is 23.2 Å². The smallest absolute Gasteiger partial charge is 0.310 e. The van der Waals surface area contributed by atoms with E-state index in [0.29, 0.717) is 0 Å². The van der Waals surface area contributed by atoms with Crippen LogP contribution in [0.4, 0.5) is 0 Å². The molecular weight excluding hydrogens is 196 g/mol. The molecule has 0 rings (SSSR count). The normalized spacial score (nSPS) is 17.5. The highest BCUT2D eigenvalue weighted by Gasteiger charge is 2.49. The Morgan fingerprint density at radius 2 is 1.47 bits per heavy atom. The molecule has 0 bridgehead atoms. The number of carboxylic acids is 2. The van der Waals surface area contributed by atoms with E-state index in [-0.39, 0.29) is 11.8 Å². The Balaban J connectivity index is 5.39. The SMILES string of the molecule is CC(C)C(C(=O)O)C(C)(C(=O)O)C(C)C. The highest BCUT2D eigenvalue weighted by atomic mass is 16.4. The molecule has 4 nitrogen and oxygen atoms in total. The molecule has 0 radical (unpaired) electrons. The second-order valence-corrected chi connectivity index (χ2v) is 4.80. The maximum atomic E-state index is 11.2. The molecule has 0 aliphatic heterocycles. The van der Waals surface area contributed by atoms with E-state index in [0.717, 1.165) is 0 Å². The monoisotopic (exact) mass is 216 g/mol. The van der Waals surface area contributed by atoms with E-state index >= 15 is 0 Å². The second-order valence-electron chi connectivity index (χ2n) is 4.80. The van der Waals surface area contributed by atoms with Gasteiger partial charge in [-0.2, -0.15) is 0 Å². The van der Waals surface area contributed by atoms with E-state index in [4.69, 9.17) is 5.11 Å². The van der Waals surface area contributed by atoms with Crippen molar-refractivity contribution >= 4 is 11.9 Å². The van der Waals surface area contributed by atoms with Gasteiger partial charge in [-0.3, -0.25) is 9.59 Å². The average molecular weight is 216 g/mol. The average Bonchev–Trinajstić information content (AvgIpc) is 2.01. The maximum Gasteiger partial charge on any atom is 0.310 e. The van der Waals surface area contributed by atoms with Crippen molar-refractivity contribution < 1.29 is 19.8 Å². The molecule has 2 unspecified atom stereocenters. The Labute approximate surface area is 90.3 Å². The largest absolute Gasteiger partial charge is 0.481 e. The van der Waals surface area contributed by atoms with Gasteiger partial charge in [0.05, 0.1) is 11.3 Å². The third-order valence-corrected chi connectivity index (χ3v) is 3.24. The van der Waals surface area contributed by atoms with E-state index in [1.54, 1.807) is 27.7 Å². The summed E-state index contributed by atoms with van der Waals surface area (Å²) >= 11 is 0. The number of aliphatic carboxylic acids is 2. The fourth-order valence-corrected chi connectivity index (χ4v) is 1.97. The molecule has 0 heterocycles. The van der Waals surface area contributed by atoms with Gasteiger partial charge in [0.2, 0.25) is 0 Å². The predicted octanol–water partition coefficient (Wildman–Crippen LogP) is 2.09. The lowest BCUT2D eigenvalue weighted by atomic mass is 9.65. The first-order valence-corrected chi connectivity index (χ1v) is 5.11. The van der Waals surface area contributed by atoms with Crippen molar-refractivity contribution in [1.82, 2.24) is 0 Å². The molecule has 88 valence electrons. The van der Waals surface area contributed by atoms with Crippen LogP contribution in [0.15, 0.2) is 0 Å². The van der Waals surface area contributed by atoms with Crippen LogP contribution in [-0.2, 0) is 9.59 Å². The maximum absolute atomic E-state index is 11.2. The molecule has 0 amide bonds. The minimum Gasteiger partial charge on any atom is -0.481 e. The number of carboxylic acid groups (broad SMARTS) is 2. The summed E-state index contributed by atoms with van der Waals surface area (Å²) in [6, 6.07) is 0. The summed E-state index contributed by atoms with van der Waals surface area (Å²) in [6.07, 6.45) is 0. The topological polar surface area (TPSA) is 74.6 Å². The zero-order chi connectivity index (χ0) is 12.4. The summed E-state index contributed by atoms with van der Waals surface area (Å²) in [7, 11) is 0. The predicted molar refractivity (Wildman–Crippen MR) is 56.5 cm³/mol. The first-order valence-electron chi connectivity index (χ1n) is 5.11. The molecule has 0 aromatic rings. The van der Waals surface area contributed by atoms with Crippen LogP contribution in [0.2, 0.25) is 0 Å². The summed E-state index contributed by atoms with van der Waals surface area (Å²) < 4.78 is 0. The third kappa shape index (κ3) is 2.49. The number of rotatable bonds is 5. The fourth-order valence-electron chi connectivity index (χ4n) is 1.97. The van der Waals surface area contributed by atoms with Gasteiger partial charge in [-0.15, -0.1) is 0 Å². The van der Waals surface area contributed by atoms with Crippen LogP contribution in [-0.4, -0.2) is 22.2 Å². The van der Waals surface area contributed by atoms with Gasteiger partial charge in [0.15, 0.2) is 0 Å². The molecule has 2 N–H and O–H groups in total. The number of hydrogen-bond acceptors (Lipinski definition) is 2. The van der Waals surface area contributed by atoms with Crippen LogP contribution in [0.1, 0.15) is 34.6 Å². The van der Waals surface area contributed by atoms with Gasteiger partial charge < -0.3 is 10.2 Å². The zero-order valence-electron chi connectivity index (χ0n) is 9.94.